The maximum Gasteiger partial charge on any atom is -0.0125 e. The van der Waals surface area contributed by atoms with Crippen LogP contribution in [0.2, 0.25) is 0 Å². The summed E-state index contributed by atoms with van der Waals surface area (Å²) in [6, 6.07) is 19.5. The van der Waals surface area contributed by atoms with Gasteiger partial charge in [-0.3, -0.25) is 0 Å². The van der Waals surface area contributed by atoms with Gasteiger partial charge in [0, 0.05) is 0 Å². The molecule has 0 aliphatic heterocycles. The minimum Gasteiger partial charge on any atom is -0.0625 e. The maximum atomic E-state index is 2.54. The summed E-state index contributed by atoms with van der Waals surface area (Å²) in [5.41, 5.74) is 22.9. The van der Waals surface area contributed by atoms with E-state index in [1.807, 2.05) is 44.6 Å². The number of rotatable bonds is 3. The predicted molar refractivity (Wildman–Crippen MR) is 210 cm³/mol. The highest BCUT2D eigenvalue weighted by Crippen LogP contribution is 2.67. The van der Waals surface area contributed by atoms with Gasteiger partial charge in [0.1, 0.15) is 0 Å². The first kappa shape index (κ1) is 32.1. The van der Waals surface area contributed by atoms with E-state index < -0.39 is 0 Å². The van der Waals surface area contributed by atoms with Crippen LogP contribution in [0.15, 0.2) is 93.1 Å². The predicted octanol–water partition coefficient (Wildman–Crippen LogP) is 14.1. The van der Waals surface area contributed by atoms with Gasteiger partial charge in [-0.1, -0.05) is 126 Å². The van der Waals surface area contributed by atoms with E-state index in [0.717, 1.165) is 23.7 Å². The summed E-state index contributed by atoms with van der Waals surface area (Å²) in [5, 5.41) is 0. The summed E-state index contributed by atoms with van der Waals surface area (Å²) in [6.45, 7) is 20.3. The number of benzene rings is 2. The van der Waals surface area contributed by atoms with Crippen LogP contribution in [0.4, 0.5) is 0 Å². The van der Waals surface area contributed by atoms with Crippen LogP contribution in [0.25, 0.3) is 11.1 Å². The molecule has 4 unspecified atom stereocenters. The van der Waals surface area contributed by atoms with Gasteiger partial charge in [0.25, 0.3) is 0 Å². The van der Waals surface area contributed by atoms with Gasteiger partial charge in [-0.15, -0.1) is 0 Å². The van der Waals surface area contributed by atoms with Crippen molar-refractivity contribution in [3.05, 3.63) is 104 Å². The molecule has 0 bridgehead atoms. The molecule has 0 amide bonds. The smallest absolute Gasteiger partial charge is 0.0125 e. The highest BCUT2D eigenvalue weighted by molar-refractivity contribution is 5.73. The van der Waals surface area contributed by atoms with Crippen molar-refractivity contribution in [3.8, 4) is 11.1 Å². The molecule has 2 fully saturated rings. The summed E-state index contributed by atoms with van der Waals surface area (Å²) in [5.74, 6) is 4.36. The Kier molecular flexibility index (Phi) is 6.74. The quantitative estimate of drug-likeness (QED) is 0.307. The normalized spacial score (nSPS) is 35.4. The molecule has 0 aromatic heterocycles. The van der Waals surface area contributed by atoms with Gasteiger partial charge in [-0.25, -0.2) is 0 Å². The fourth-order valence-corrected chi connectivity index (χ4v) is 14.0. The summed E-state index contributed by atoms with van der Waals surface area (Å²) in [4.78, 5) is 0. The van der Waals surface area contributed by atoms with E-state index in [1.165, 1.54) is 77.0 Å². The Balaban J connectivity index is 0.995. The zero-order valence-corrected chi connectivity index (χ0v) is 32.6. The molecule has 0 radical (unpaired) electrons. The minimum absolute atomic E-state index is 0.425. The lowest BCUT2D eigenvalue weighted by molar-refractivity contribution is 0.353. The Labute approximate surface area is 304 Å². The van der Waals surface area contributed by atoms with Gasteiger partial charge >= 0.3 is 0 Å². The second-order valence-corrected chi connectivity index (χ2v) is 22.0. The molecule has 4 atom stereocenters. The molecular formula is C50H62. The van der Waals surface area contributed by atoms with Crippen LogP contribution in [0.1, 0.15) is 155 Å². The number of hydrogen-bond acceptors (Lipinski definition) is 0. The number of hydrogen-bond donors (Lipinski definition) is 0. The van der Waals surface area contributed by atoms with Crippen molar-refractivity contribution >= 4 is 0 Å². The molecule has 50 heavy (non-hydrogen) atoms. The van der Waals surface area contributed by atoms with Crippen molar-refractivity contribution in [2.24, 2.45) is 45.3 Å². The van der Waals surface area contributed by atoms with E-state index in [1.54, 1.807) is 22.3 Å². The van der Waals surface area contributed by atoms with Crippen molar-refractivity contribution in [2.75, 3.05) is 0 Å². The first-order valence-electron chi connectivity index (χ1n) is 20.7. The first-order valence-corrected chi connectivity index (χ1v) is 20.7. The lowest BCUT2D eigenvalue weighted by Crippen LogP contribution is -2.18. The summed E-state index contributed by atoms with van der Waals surface area (Å²) in [6.07, 6.45) is 15.9. The van der Waals surface area contributed by atoms with Crippen LogP contribution in [-0.4, -0.2) is 0 Å². The molecule has 0 N–H and O–H groups in total. The summed E-state index contributed by atoms with van der Waals surface area (Å²) >= 11 is 0. The average Bonchev–Trinajstić information content (AvgIpc) is 3.87. The van der Waals surface area contributed by atoms with E-state index in [2.05, 4.69) is 104 Å². The van der Waals surface area contributed by atoms with Crippen LogP contribution in [0.5, 0.6) is 0 Å². The molecule has 10 rings (SSSR count). The van der Waals surface area contributed by atoms with E-state index in [-0.39, 0.29) is 0 Å². The molecule has 0 nitrogen and oxygen atoms in total. The van der Waals surface area contributed by atoms with Gasteiger partial charge < -0.3 is 0 Å². The fourth-order valence-electron chi connectivity index (χ4n) is 14.0. The van der Waals surface area contributed by atoms with Crippen LogP contribution < -0.4 is 0 Å². The van der Waals surface area contributed by atoms with Gasteiger partial charge in [-0.05, 0) is 179 Å². The van der Waals surface area contributed by atoms with Crippen LogP contribution in [0.3, 0.4) is 0 Å². The lowest BCUT2D eigenvalue weighted by Gasteiger charge is -2.30. The standard InChI is InChI=1S/C50H62/c1-47(2)21-39-35-17-29(18-36(35)40-22-48(3,4)26-44(40)43(39)25-47)31-13-9-11-15-33(31)34-16-12-10-14-32(34)30-19-37-38(20-30)42-24-50(7,8)28-46(42)45-27-49(5,6)23-41(37)45/h9-16,29-30,35-38H,17-28H2,1-8H3. The summed E-state index contributed by atoms with van der Waals surface area (Å²) < 4.78 is 0. The molecule has 2 saturated carbocycles. The molecule has 262 valence electrons. The minimum atomic E-state index is 0.425. The zero-order chi connectivity index (χ0) is 34.5. The molecule has 0 heterocycles. The van der Waals surface area contributed by atoms with E-state index in [4.69, 9.17) is 0 Å². The van der Waals surface area contributed by atoms with Crippen LogP contribution >= 0.6 is 0 Å². The van der Waals surface area contributed by atoms with E-state index in [0.29, 0.717) is 33.5 Å². The summed E-state index contributed by atoms with van der Waals surface area (Å²) in [7, 11) is 0. The van der Waals surface area contributed by atoms with Crippen molar-refractivity contribution in [1.29, 1.82) is 0 Å². The second kappa shape index (κ2) is 10.5. The first-order chi connectivity index (χ1) is 23.7. The zero-order valence-electron chi connectivity index (χ0n) is 32.6. The number of allylic oxidation sites excluding steroid dienone is 8. The second-order valence-electron chi connectivity index (χ2n) is 22.0. The van der Waals surface area contributed by atoms with Gasteiger partial charge in [0.05, 0.1) is 0 Å². The Morgan fingerprint density at radius 1 is 0.360 bits per heavy atom. The lowest BCUT2D eigenvalue weighted by atomic mass is 9.74. The Hall–Kier alpha value is -2.60. The molecule has 0 saturated heterocycles. The largest absolute Gasteiger partial charge is 0.0625 e. The molecule has 0 spiro atoms. The Morgan fingerprint density at radius 3 is 0.900 bits per heavy atom. The number of fused-ring (bicyclic) bond motifs is 8. The molecule has 2 aromatic rings. The highest BCUT2D eigenvalue weighted by atomic mass is 14.6. The van der Waals surface area contributed by atoms with Crippen molar-refractivity contribution < 1.29 is 0 Å². The molecular weight excluding hydrogens is 601 g/mol. The molecule has 8 aliphatic rings. The van der Waals surface area contributed by atoms with Crippen LogP contribution in [0, 0.1) is 45.3 Å². The van der Waals surface area contributed by atoms with Crippen LogP contribution in [-0.2, 0) is 0 Å². The van der Waals surface area contributed by atoms with Gasteiger partial charge in [0.15, 0.2) is 0 Å². The van der Waals surface area contributed by atoms with Gasteiger partial charge in [-0.2, -0.15) is 0 Å². The Morgan fingerprint density at radius 2 is 0.620 bits per heavy atom. The van der Waals surface area contributed by atoms with E-state index in [9.17, 15) is 0 Å². The molecule has 0 heteroatoms. The maximum absolute atomic E-state index is 2.54. The SMILES string of the molecule is CC1(C)CC2=C(C1)C1CC(c3ccccc3-c3ccccc3C3CC4C5=C(CC(C)(C)C5)C5=C(CC(C)(C)C5)C4C3)CC1C1=C2CC(C)(C)C1. The van der Waals surface area contributed by atoms with Crippen molar-refractivity contribution in [2.45, 2.75) is 144 Å². The third-order valence-corrected chi connectivity index (χ3v) is 15.6. The average molecular weight is 663 g/mol. The third-order valence-electron chi connectivity index (χ3n) is 15.6. The van der Waals surface area contributed by atoms with Crippen molar-refractivity contribution in [1.82, 2.24) is 0 Å². The van der Waals surface area contributed by atoms with Crippen molar-refractivity contribution in [3.63, 3.8) is 0 Å². The monoisotopic (exact) mass is 662 g/mol. The molecule has 8 aliphatic carbocycles. The topological polar surface area (TPSA) is 0 Å². The fraction of sp³-hybridized carbons (Fsp3) is 0.600. The van der Waals surface area contributed by atoms with Gasteiger partial charge in [0.2, 0.25) is 0 Å². The third kappa shape index (κ3) is 4.88. The van der Waals surface area contributed by atoms with E-state index >= 15 is 0 Å². The highest BCUT2D eigenvalue weighted by Gasteiger charge is 2.53. The Bertz CT molecular complexity index is 1700. The molecule has 2 aromatic carbocycles.